The minimum absolute atomic E-state index is 0.129. The molecule has 4 heteroatoms. The minimum Gasteiger partial charge on any atom is -0.504 e. The average Bonchev–Trinajstić information content (AvgIpc) is 2.39. The first-order valence-electron chi connectivity index (χ1n) is 5.35. The second-order valence-corrected chi connectivity index (χ2v) is 4.91. The zero-order valence-electron chi connectivity index (χ0n) is 9.80. The molecule has 0 atom stereocenters. The molecular weight excluding hydrogens is 341 g/mol. The molecule has 0 aliphatic carbocycles. The third-order valence-electron chi connectivity index (χ3n) is 2.39. The predicted molar refractivity (Wildman–Crippen MR) is 81.1 cm³/mol. The molecule has 0 aliphatic rings. The van der Waals surface area contributed by atoms with Crippen molar-refractivity contribution in [1.82, 2.24) is 0 Å². The van der Waals surface area contributed by atoms with Gasteiger partial charge in [0, 0.05) is 9.78 Å². The Morgan fingerprint density at radius 2 is 1.89 bits per heavy atom. The van der Waals surface area contributed by atoms with Gasteiger partial charge < -0.3 is 9.84 Å². The van der Waals surface area contributed by atoms with Gasteiger partial charge in [0.05, 0.1) is 12.8 Å². The first kappa shape index (κ1) is 12.9. The molecule has 0 heterocycles. The predicted octanol–water partition coefficient (Wildman–Crippen LogP) is 3.76. The van der Waals surface area contributed by atoms with Crippen molar-refractivity contribution in [3.63, 3.8) is 0 Å². The van der Waals surface area contributed by atoms with E-state index in [4.69, 9.17) is 4.74 Å². The van der Waals surface area contributed by atoms with Gasteiger partial charge in [0.25, 0.3) is 0 Å². The molecule has 2 rings (SSSR count). The number of aromatic hydroxyl groups is 1. The number of rotatable bonds is 3. The molecule has 0 saturated heterocycles. The van der Waals surface area contributed by atoms with Crippen LogP contribution < -0.4 is 4.74 Å². The van der Waals surface area contributed by atoms with Gasteiger partial charge in [-0.05, 0) is 70.6 Å². The van der Waals surface area contributed by atoms with Crippen LogP contribution in [0.1, 0.15) is 5.56 Å². The molecule has 0 saturated carbocycles. The number of methoxy groups -OCH3 is 1. The fraction of sp³-hybridized carbons (Fsp3) is 0.0714. The van der Waals surface area contributed by atoms with Crippen molar-refractivity contribution in [3.05, 3.63) is 51.6 Å². The molecule has 0 bridgehead atoms. The zero-order valence-corrected chi connectivity index (χ0v) is 12.0. The first-order chi connectivity index (χ1) is 8.69. The smallest absolute Gasteiger partial charge is 0.161 e. The normalized spacial score (nSPS) is 10.8. The molecule has 0 fully saturated rings. The van der Waals surface area contributed by atoms with Gasteiger partial charge in [0.15, 0.2) is 11.5 Å². The molecule has 0 unspecified atom stereocenters. The summed E-state index contributed by atoms with van der Waals surface area (Å²) in [5.41, 5.74) is 1.77. The molecular formula is C14H12INO2. The largest absolute Gasteiger partial charge is 0.504 e. The van der Waals surface area contributed by atoms with E-state index in [-0.39, 0.29) is 5.75 Å². The number of ether oxygens (including phenoxy) is 1. The van der Waals surface area contributed by atoms with E-state index in [9.17, 15) is 5.11 Å². The van der Waals surface area contributed by atoms with Crippen molar-refractivity contribution in [1.29, 1.82) is 0 Å². The fourth-order valence-electron chi connectivity index (χ4n) is 1.45. The van der Waals surface area contributed by atoms with Crippen LogP contribution in [0, 0.1) is 3.57 Å². The van der Waals surface area contributed by atoms with Gasteiger partial charge >= 0.3 is 0 Å². The van der Waals surface area contributed by atoms with E-state index in [1.165, 1.54) is 10.7 Å². The molecule has 0 aromatic heterocycles. The Kier molecular flexibility index (Phi) is 4.19. The SMILES string of the molecule is COc1cc(C=Nc2ccc(I)cc2)ccc1O. The van der Waals surface area contributed by atoms with E-state index in [0.717, 1.165) is 11.3 Å². The minimum atomic E-state index is 0.129. The number of hydrogen-bond acceptors (Lipinski definition) is 3. The number of phenolic OH excluding ortho intramolecular Hbond substituents is 1. The van der Waals surface area contributed by atoms with E-state index in [1.54, 1.807) is 24.4 Å². The summed E-state index contributed by atoms with van der Waals surface area (Å²) in [4.78, 5) is 4.36. The maximum absolute atomic E-state index is 9.48. The number of benzene rings is 2. The molecule has 0 aliphatic heterocycles. The summed E-state index contributed by atoms with van der Waals surface area (Å²) in [6, 6.07) is 13.0. The van der Waals surface area contributed by atoms with Crippen LogP contribution in [-0.4, -0.2) is 18.4 Å². The molecule has 0 spiro atoms. The van der Waals surface area contributed by atoms with Crippen molar-refractivity contribution in [2.24, 2.45) is 4.99 Å². The highest BCUT2D eigenvalue weighted by atomic mass is 127. The van der Waals surface area contributed by atoms with Gasteiger partial charge in [-0.3, -0.25) is 4.99 Å². The summed E-state index contributed by atoms with van der Waals surface area (Å²) < 4.78 is 6.22. The highest BCUT2D eigenvalue weighted by molar-refractivity contribution is 14.1. The molecule has 18 heavy (non-hydrogen) atoms. The molecule has 0 radical (unpaired) electrons. The number of phenols is 1. The molecule has 2 aromatic rings. The topological polar surface area (TPSA) is 41.8 Å². The van der Waals surface area contributed by atoms with Crippen LogP contribution in [0.15, 0.2) is 47.5 Å². The summed E-state index contributed by atoms with van der Waals surface area (Å²) >= 11 is 2.25. The van der Waals surface area contributed by atoms with Gasteiger partial charge in [-0.1, -0.05) is 0 Å². The third kappa shape index (κ3) is 3.22. The maximum Gasteiger partial charge on any atom is 0.161 e. The van der Waals surface area contributed by atoms with Crippen LogP contribution in [-0.2, 0) is 0 Å². The molecule has 92 valence electrons. The monoisotopic (exact) mass is 353 g/mol. The first-order valence-corrected chi connectivity index (χ1v) is 6.43. The lowest BCUT2D eigenvalue weighted by atomic mass is 10.2. The molecule has 2 aromatic carbocycles. The van der Waals surface area contributed by atoms with Gasteiger partial charge in [0.2, 0.25) is 0 Å². The van der Waals surface area contributed by atoms with Crippen LogP contribution in [0.5, 0.6) is 11.5 Å². The Morgan fingerprint density at radius 1 is 1.17 bits per heavy atom. The Hall–Kier alpha value is -1.56. The number of nitrogens with zero attached hydrogens (tertiary/aromatic N) is 1. The highest BCUT2D eigenvalue weighted by Gasteiger charge is 2.00. The molecule has 3 nitrogen and oxygen atoms in total. The summed E-state index contributed by atoms with van der Waals surface area (Å²) in [5.74, 6) is 0.575. The van der Waals surface area contributed by atoms with Crippen LogP contribution in [0.2, 0.25) is 0 Å². The Morgan fingerprint density at radius 3 is 2.56 bits per heavy atom. The van der Waals surface area contributed by atoms with E-state index < -0.39 is 0 Å². The van der Waals surface area contributed by atoms with Gasteiger partial charge in [-0.2, -0.15) is 0 Å². The van der Waals surface area contributed by atoms with E-state index in [1.807, 2.05) is 24.3 Å². The lowest BCUT2D eigenvalue weighted by molar-refractivity contribution is 0.373. The summed E-state index contributed by atoms with van der Waals surface area (Å²) in [7, 11) is 1.52. The van der Waals surface area contributed by atoms with Crippen molar-refractivity contribution >= 4 is 34.5 Å². The third-order valence-corrected chi connectivity index (χ3v) is 3.11. The summed E-state index contributed by atoms with van der Waals surface area (Å²) in [6.07, 6.45) is 1.74. The van der Waals surface area contributed by atoms with Crippen molar-refractivity contribution < 1.29 is 9.84 Å². The van der Waals surface area contributed by atoms with Crippen molar-refractivity contribution in [3.8, 4) is 11.5 Å². The standard InChI is InChI=1S/C14H12INO2/c1-18-14-8-10(2-7-13(14)17)9-16-12-5-3-11(15)4-6-12/h2-9,17H,1H3. The lowest BCUT2D eigenvalue weighted by Crippen LogP contribution is -1.86. The Bertz CT molecular complexity index is 565. The fourth-order valence-corrected chi connectivity index (χ4v) is 1.81. The quantitative estimate of drug-likeness (QED) is 0.675. The van der Waals surface area contributed by atoms with E-state index in [2.05, 4.69) is 27.6 Å². The van der Waals surface area contributed by atoms with Crippen LogP contribution in [0.3, 0.4) is 0 Å². The van der Waals surface area contributed by atoms with E-state index >= 15 is 0 Å². The van der Waals surface area contributed by atoms with E-state index in [0.29, 0.717) is 5.75 Å². The van der Waals surface area contributed by atoms with Crippen molar-refractivity contribution in [2.45, 2.75) is 0 Å². The van der Waals surface area contributed by atoms with Gasteiger partial charge in [-0.15, -0.1) is 0 Å². The Labute approximate surface area is 119 Å². The number of halogens is 1. The zero-order chi connectivity index (χ0) is 13.0. The maximum atomic E-state index is 9.48. The highest BCUT2D eigenvalue weighted by Crippen LogP contribution is 2.25. The average molecular weight is 353 g/mol. The van der Waals surface area contributed by atoms with Gasteiger partial charge in [-0.25, -0.2) is 0 Å². The van der Waals surface area contributed by atoms with Gasteiger partial charge in [0.1, 0.15) is 0 Å². The second kappa shape index (κ2) is 5.86. The summed E-state index contributed by atoms with van der Waals surface area (Å²) in [6.45, 7) is 0. The summed E-state index contributed by atoms with van der Waals surface area (Å²) in [5, 5.41) is 9.48. The van der Waals surface area contributed by atoms with Crippen LogP contribution in [0.25, 0.3) is 0 Å². The second-order valence-electron chi connectivity index (χ2n) is 3.67. The molecule has 1 N–H and O–H groups in total. The van der Waals surface area contributed by atoms with Crippen molar-refractivity contribution in [2.75, 3.05) is 7.11 Å². The van der Waals surface area contributed by atoms with Crippen LogP contribution >= 0.6 is 22.6 Å². The Balaban J connectivity index is 2.20. The van der Waals surface area contributed by atoms with Crippen LogP contribution in [0.4, 0.5) is 5.69 Å². The lowest BCUT2D eigenvalue weighted by Gasteiger charge is -2.03. The molecule has 0 amide bonds. The number of aliphatic imine (C=N–C) groups is 1. The number of hydrogen-bond donors (Lipinski definition) is 1.